The molecule has 110 valence electrons. The van der Waals surface area contributed by atoms with Gasteiger partial charge in [0.25, 0.3) is 0 Å². The number of rotatable bonds is 4. The first-order chi connectivity index (χ1) is 8.60. The van der Waals surface area contributed by atoms with Crippen LogP contribution in [0.3, 0.4) is 0 Å². The molecule has 1 heterocycles. The Morgan fingerprint density at radius 2 is 2.11 bits per heavy atom. The molecule has 0 saturated carbocycles. The topological polar surface area (TPSA) is 29.5 Å². The molecule has 1 aliphatic heterocycles. The fourth-order valence-electron chi connectivity index (χ4n) is 1.58. The Bertz CT molecular complexity index is 366. The summed E-state index contributed by atoms with van der Waals surface area (Å²) < 4.78 is 6.93. The molecular weight excluding hydrogens is 294 g/mol. The molecule has 1 atom stereocenters. The van der Waals surface area contributed by atoms with Gasteiger partial charge in [-0.2, -0.15) is 0 Å². The van der Waals surface area contributed by atoms with Crippen molar-refractivity contribution >= 4 is 42.5 Å². The highest BCUT2D eigenvalue weighted by Crippen LogP contribution is 2.37. The van der Waals surface area contributed by atoms with E-state index in [0.29, 0.717) is 17.3 Å². The van der Waals surface area contributed by atoms with Crippen molar-refractivity contribution in [2.75, 3.05) is 12.4 Å². The molecule has 1 amide bonds. The van der Waals surface area contributed by atoms with E-state index in [-0.39, 0.29) is 17.0 Å². The van der Waals surface area contributed by atoms with Crippen LogP contribution < -0.4 is 0 Å². The molecule has 0 N–H and O–H groups in total. The van der Waals surface area contributed by atoms with Crippen LogP contribution in [0, 0.1) is 0 Å². The molecule has 0 aromatic heterocycles. The van der Waals surface area contributed by atoms with Gasteiger partial charge in [0.1, 0.15) is 4.32 Å². The van der Waals surface area contributed by atoms with E-state index in [1.165, 1.54) is 0 Å². The van der Waals surface area contributed by atoms with Crippen molar-refractivity contribution in [2.24, 2.45) is 0 Å². The van der Waals surface area contributed by atoms with Crippen LogP contribution >= 0.6 is 24.0 Å². The van der Waals surface area contributed by atoms with Crippen molar-refractivity contribution in [1.82, 2.24) is 4.90 Å². The minimum absolute atomic E-state index is 0.110. The summed E-state index contributed by atoms with van der Waals surface area (Å²) in [6, 6.07) is 0.110. The minimum atomic E-state index is -1.76. The van der Waals surface area contributed by atoms with E-state index >= 15 is 0 Å². The number of carbonyl (C=O) groups is 1. The number of hydrogen-bond donors (Lipinski definition) is 0. The Labute approximate surface area is 127 Å². The van der Waals surface area contributed by atoms with Gasteiger partial charge in [-0.3, -0.25) is 9.69 Å². The lowest BCUT2D eigenvalue weighted by atomic mass is 10.2. The lowest BCUT2D eigenvalue weighted by molar-refractivity contribution is -0.128. The van der Waals surface area contributed by atoms with Crippen LogP contribution in [0.5, 0.6) is 0 Å². The van der Waals surface area contributed by atoms with Crippen molar-refractivity contribution in [3.8, 4) is 0 Å². The highest BCUT2D eigenvalue weighted by molar-refractivity contribution is 8.23. The molecule has 0 spiro atoms. The van der Waals surface area contributed by atoms with E-state index < -0.39 is 8.32 Å². The quantitative estimate of drug-likeness (QED) is 0.584. The molecule has 0 bridgehead atoms. The largest absolute Gasteiger partial charge is 0.415 e. The van der Waals surface area contributed by atoms with Crippen LogP contribution in [0.25, 0.3) is 0 Å². The lowest BCUT2D eigenvalue weighted by Gasteiger charge is -2.37. The molecule has 0 aromatic carbocycles. The van der Waals surface area contributed by atoms with Crippen molar-refractivity contribution in [3.05, 3.63) is 0 Å². The summed E-state index contributed by atoms with van der Waals surface area (Å²) in [5.74, 6) is 0.970. The van der Waals surface area contributed by atoms with Gasteiger partial charge in [0, 0.05) is 12.2 Å². The fraction of sp³-hybridized carbons (Fsp3) is 0.846. The normalized spacial score (nSPS) is 21.1. The van der Waals surface area contributed by atoms with Crippen LogP contribution in [-0.2, 0) is 9.22 Å². The van der Waals surface area contributed by atoms with Crippen LogP contribution in [0.2, 0.25) is 18.1 Å². The van der Waals surface area contributed by atoms with Crippen LogP contribution in [0.1, 0.15) is 34.1 Å². The van der Waals surface area contributed by atoms with E-state index in [2.05, 4.69) is 33.9 Å². The summed E-state index contributed by atoms with van der Waals surface area (Å²) in [6.07, 6.45) is 0.497. The first-order valence-corrected chi connectivity index (χ1v) is 11.0. The second-order valence-corrected chi connectivity index (χ2v) is 12.9. The zero-order valence-electron chi connectivity index (χ0n) is 12.8. The second-order valence-electron chi connectivity index (χ2n) is 6.42. The van der Waals surface area contributed by atoms with Crippen LogP contribution in [0.4, 0.5) is 0 Å². The van der Waals surface area contributed by atoms with Crippen molar-refractivity contribution in [2.45, 2.75) is 58.3 Å². The molecule has 1 saturated heterocycles. The number of thioether (sulfide) groups is 1. The molecule has 19 heavy (non-hydrogen) atoms. The maximum Gasteiger partial charge on any atom is 0.228 e. The Morgan fingerprint density at radius 1 is 1.53 bits per heavy atom. The maximum atomic E-state index is 11.9. The van der Waals surface area contributed by atoms with Gasteiger partial charge in [-0.05, 0) is 18.1 Å². The predicted molar refractivity (Wildman–Crippen MR) is 89.1 cm³/mol. The summed E-state index contributed by atoms with van der Waals surface area (Å²) in [5, 5.41) is 0.193. The van der Waals surface area contributed by atoms with E-state index in [1.807, 2.05) is 6.92 Å². The molecular formula is C13H25NO2S2Si. The summed E-state index contributed by atoms with van der Waals surface area (Å²) in [7, 11) is -1.76. The van der Waals surface area contributed by atoms with Crippen molar-refractivity contribution in [1.29, 1.82) is 0 Å². The SMILES string of the molecule is CCC(=O)N1C(=S)SCC1CO[Si](C)(C)C(C)(C)C. The monoisotopic (exact) mass is 319 g/mol. The van der Waals surface area contributed by atoms with Gasteiger partial charge in [-0.15, -0.1) is 0 Å². The molecule has 0 radical (unpaired) electrons. The smallest absolute Gasteiger partial charge is 0.228 e. The number of thiocarbonyl (C=S) groups is 1. The number of nitrogens with zero attached hydrogens (tertiary/aromatic N) is 1. The van der Waals surface area contributed by atoms with Gasteiger partial charge in [-0.25, -0.2) is 0 Å². The Hall–Kier alpha value is 0.0869. The first-order valence-electron chi connectivity index (χ1n) is 6.73. The van der Waals surface area contributed by atoms with E-state index in [0.717, 1.165) is 5.75 Å². The van der Waals surface area contributed by atoms with Crippen molar-refractivity contribution < 1.29 is 9.22 Å². The highest BCUT2D eigenvalue weighted by atomic mass is 32.2. The summed E-state index contributed by atoms with van der Waals surface area (Å²) >= 11 is 6.85. The Kier molecular flexibility index (Phi) is 5.63. The lowest BCUT2D eigenvalue weighted by Crippen LogP contribution is -2.47. The highest BCUT2D eigenvalue weighted by Gasteiger charge is 2.40. The van der Waals surface area contributed by atoms with Crippen molar-refractivity contribution in [3.63, 3.8) is 0 Å². The van der Waals surface area contributed by atoms with Gasteiger partial charge in [0.2, 0.25) is 5.91 Å². The first kappa shape index (κ1) is 17.1. The molecule has 1 aliphatic rings. The van der Waals surface area contributed by atoms with Gasteiger partial charge >= 0.3 is 0 Å². The molecule has 0 aromatic rings. The van der Waals surface area contributed by atoms with Crippen LogP contribution in [-0.4, -0.2) is 41.8 Å². The summed E-state index contributed by atoms with van der Waals surface area (Å²) in [6.45, 7) is 13.6. The summed E-state index contributed by atoms with van der Waals surface area (Å²) in [5.41, 5.74) is 0. The number of carbonyl (C=O) groups excluding carboxylic acids is 1. The third-order valence-corrected chi connectivity index (χ3v) is 10.0. The van der Waals surface area contributed by atoms with E-state index in [9.17, 15) is 4.79 Å². The van der Waals surface area contributed by atoms with Gasteiger partial charge in [-0.1, -0.05) is 51.7 Å². The second kappa shape index (κ2) is 6.24. The van der Waals surface area contributed by atoms with Crippen LogP contribution in [0.15, 0.2) is 0 Å². The minimum Gasteiger partial charge on any atom is -0.415 e. The molecule has 1 unspecified atom stereocenters. The third kappa shape index (κ3) is 4.03. The third-order valence-electron chi connectivity index (χ3n) is 3.97. The standard InChI is InChI=1S/C13H25NO2S2Si/c1-7-11(15)14-10(9-18-12(14)17)8-16-19(5,6)13(2,3)4/h10H,7-9H2,1-6H3. The Morgan fingerprint density at radius 3 is 2.58 bits per heavy atom. The summed E-state index contributed by atoms with van der Waals surface area (Å²) in [4.78, 5) is 13.7. The van der Waals surface area contributed by atoms with E-state index in [4.69, 9.17) is 16.6 Å². The number of hydrogen-bond acceptors (Lipinski definition) is 4. The average Bonchev–Trinajstić information content (AvgIpc) is 2.65. The Balaban J connectivity index is 2.67. The molecule has 3 nitrogen and oxygen atoms in total. The molecule has 1 rings (SSSR count). The molecule has 1 fully saturated rings. The maximum absolute atomic E-state index is 11.9. The van der Waals surface area contributed by atoms with Gasteiger partial charge < -0.3 is 4.43 Å². The zero-order chi connectivity index (χ0) is 14.8. The number of amides is 1. The average molecular weight is 320 g/mol. The molecule has 6 heteroatoms. The zero-order valence-corrected chi connectivity index (χ0v) is 15.4. The molecule has 0 aliphatic carbocycles. The van der Waals surface area contributed by atoms with Gasteiger partial charge in [0.15, 0.2) is 8.32 Å². The predicted octanol–water partition coefficient (Wildman–Crippen LogP) is 3.65. The van der Waals surface area contributed by atoms with Gasteiger partial charge in [0.05, 0.1) is 12.6 Å². The fourth-order valence-corrected chi connectivity index (χ4v) is 4.05. The van der Waals surface area contributed by atoms with E-state index in [1.54, 1.807) is 16.7 Å².